The molecule has 1 aromatic carbocycles. The van der Waals surface area contributed by atoms with Gasteiger partial charge < -0.3 is 15.0 Å². The van der Waals surface area contributed by atoms with Gasteiger partial charge in [-0.3, -0.25) is 0 Å². The van der Waals surface area contributed by atoms with Crippen LogP contribution in [-0.2, 0) is 13.2 Å². The summed E-state index contributed by atoms with van der Waals surface area (Å²) in [4.78, 5) is 4.22. The molecule has 0 radical (unpaired) electrons. The zero-order valence-electron chi connectivity index (χ0n) is 10.9. The monoisotopic (exact) mass is 281 g/mol. The highest BCUT2D eigenvalue weighted by molar-refractivity contribution is 6.32. The number of rotatable bonds is 5. The molecular weight excluding hydrogens is 266 g/mol. The number of ether oxygens (including phenoxy) is 1. The van der Waals surface area contributed by atoms with Gasteiger partial charge in [0.25, 0.3) is 5.89 Å². The summed E-state index contributed by atoms with van der Waals surface area (Å²) in [5.74, 6) is 1.90. The van der Waals surface area contributed by atoms with Gasteiger partial charge in [-0.15, -0.1) is 0 Å². The topological polar surface area (TPSA) is 74.2 Å². The van der Waals surface area contributed by atoms with Crippen molar-refractivity contribution in [3.05, 3.63) is 40.5 Å². The molecule has 0 amide bonds. The highest BCUT2D eigenvalue weighted by Crippen LogP contribution is 2.26. The van der Waals surface area contributed by atoms with Crippen LogP contribution in [-0.4, -0.2) is 10.1 Å². The first kappa shape index (κ1) is 13.8. The fraction of sp³-hybridized carbons (Fsp3) is 0.385. The molecule has 0 aliphatic carbocycles. The van der Waals surface area contributed by atoms with Crippen molar-refractivity contribution in [3.8, 4) is 5.75 Å². The second-order valence-corrected chi connectivity index (χ2v) is 4.87. The summed E-state index contributed by atoms with van der Waals surface area (Å²) in [7, 11) is 0. The molecule has 0 fully saturated rings. The van der Waals surface area contributed by atoms with Gasteiger partial charge in [-0.1, -0.05) is 36.7 Å². The van der Waals surface area contributed by atoms with Gasteiger partial charge in [-0.2, -0.15) is 4.98 Å². The standard InChI is InChI=1S/C13H16ClN3O2/c1-8(2)13-16-12(19-17-13)7-18-11-4-3-9(6-15)5-10(11)14/h3-5,8H,6-7,15H2,1-2H3. The van der Waals surface area contributed by atoms with E-state index in [-0.39, 0.29) is 12.5 Å². The molecule has 19 heavy (non-hydrogen) atoms. The number of nitrogens with zero attached hydrogens (tertiary/aromatic N) is 2. The van der Waals surface area contributed by atoms with Crippen molar-refractivity contribution in [1.82, 2.24) is 10.1 Å². The van der Waals surface area contributed by atoms with Gasteiger partial charge in [0.15, 0.2) is 12.4 Å². The van der Waals surface area contributed by atoms with E-state index >= 15 is 0 Å². The van der Waals surface area contributed by atoms with Crippen LogP contribution in [0.3, 0.4) is 0 Å². The average molecular weight is 282 g/mol. The van der Waals surface area contributed by atoms with E-state index in [2.05, 4.69) is 10.1 Å². The Kier molecular flexibility index (Phi) is 4.39. The van der Waals surface area contributed by atoms with E-state index < -0.39 is 0 Å². The van der Waals surface area contributed by atoms with Crippen LogP contribution in [0.15, 0.2) is 22.7 Å². The third kappa shape index (κ3) is 3.45. The maximum absolute atomic E-state index is 6.08. The quantitative estimate of drug-likeness (QED) is 0.912. The van der Waals surface area contributed by atoms with Crippen LogP contribution in [0.25, 0.3) is 0 Å². The molecule has 1 aromatic heterocycles. The van der Waals surface area contributed by atoms with Crippen molar-refractivity contribution in [2.24, 2.45) is 5.73 Å². The molecule has 1 heterocycles. The van der Waals surface area contributed by atoms with E-state index in [1.54, 1.807) is 12.1 Å². The number of hydrogen-bond acceptors (Lipinski definition) is 5. The van der Waals surface area contributed by atoms with Crippen LogP contribution >= 0.6 is 11.6 Å². The third-order valence-electron chi connectivity index (χ3n) is 2.58. The second-order valence-electron chi connectivity index (χ2n) is 4.46. The van der Waals surface area contributed by atoms with Crippen LogP contribution in [0.4, 0.5) is 0 Å². The second kappa shape index (κ2) is 6.04. The number of benzene rings is 1. The summed E-state index contributed by atoms with van der Waals surface area (Å²) in [5.41, 5.74) is 6.49. The van der Waals surface area contributed by atoms with Gasteiger partial charge in [0, 0.05) is 12.5 Å². The van der Waals surface area contributed by atoms with Crippen molar-refractivity contribution in [1.29, 1.82) is 0 Å². The number of hydrogen-bond donors (Lipinski definition) is 1. The van der Waals surface area contributed by atoms with Gasteiger partial charge in [0.05, 0.1) is 5.02 Å². The molecule has 0 aliphatic heterocycles. The predicted molar refractivity (Wildman–Crippen MR) is 72.1 cm³/mol. The largest absolute Gasteiger partial charge is 0.482 e. The summed E-state index contributed by atoms with van der Waals surface area (Å²) in [6.07, 6.45) is 0. The SMILES string of the molecule is CC(C)c1noc(COc2ccc(CN)cc2Cl)n1. The number of halogens is 1. The summed E-state index contributed by atoms with van der Waals surface area (Å²) < 4.78 is 10.6. The lowest BCUT2D eigenvalue weighted by atomic mass is 10.2. The Morgan fingerprint density at radius 1 is 1.42 bits per heavy atom. The van der Waals surface area contributed by atoms with Crippen LogP contribution in [0, 0.1) is 0 Å². The highest BCUT2D eigenvalue weighted by Gasteiger charge is 2.11. The molecule has 0 unspecified atom stereocenters. The molecule has 0 saturated heterocycles. The average Bonchev–Trinajstić information content (AvgIpc) is 2.86. The van der Waals surface area contributed by atoms with Crippen LogP contribution in [0.2, 0.25) is 5.02 Å². The van der Waals surface area contributed by atoms with Crippen LogP contribution in [0.5, 0.6) is 5.75 Å². The van der Waals surface area contributed by atoms with E-state index in [4.69, 9.17) is 26.6 Å². The van der Waals surface area contributed by atoms with Crippen LogP contribution in [0.1, 0.15) is 37.0 Å². The zero-order valence-corrected chi connectivity index (χ0v) is 11.6. The van der Waals surface area contributed by atoms with E-state index in [1.165, 1.54) is 0 Å². The molecule has 0 aliphatic rings. The van der Waals surface area contributed by atoms with Crippen molar-refractivity contribution in [3.63, 3.8) is 0 Å². The van der Waals surface area contributed by atoms with E-state index in [9.17, 15) is 0 Å². The lowest BCUT2D eigenvalue weighted by molar-refractivity contribution is 0.242. The molecule has 5 nitrogen and oxygen atoms in total. The lowest BCUT2D eigenvalue weighted by Crippen LogP contribution is -1.99. The number of nitrogens with two attached hydrogens (primary N) is 1. The zero-order chi connectivity index (χ0) is 13.8. The van der Waals surface area contributed by atoms with E-state index in [0.717, 1.165) is 5.56 Å². The molecule has 2 N–H and O–H groups in total. The van der Waals surface area contributed by atoms with Gasteiger partial charge in [-0.05, 0) is 17.7 Å². The molecule has 2 rings (SSSR count). The smallest absolute Gasteiger partial charge is 0.264 e. The van der Waals surface area contributed by atoms with Gasteiger partial charge in [-0.25, -0.2) is 0 Å². The molecule has 0 saturated carbocycles. The number of aromatic nitrogens is 2. The predicted octanol–water partition coefficient (Wildman–Crippen LogP) is 2.88. The Bertz CT molecular complexity index is 555. The van der Waals surface area contributed by atoms with Gasteiger partial charge >= 0.3 is 0 Å². The van der Waals surface area contributed by atoms with Gasteiger partial charge in [0.1, 0.15) is 5.75 Å². The minimum atomic E-state index is 0.196. The summed E-state index contributed by atoms with van der Waals surface area (Å²) in [6.45, 7) is 4.64. The minimum absolute atomic E-state index is 0.196. The van der Waals surface area contributed by atoms with E-state index in [0.29, 0.717) is 29.0 Å². The van der Waals surface area contributed by atoms with Crippen molar-refractivity contribution in [2.75, 3.05) is 0 Å². The van der Waals surface area contributed by atoms with Crippen molar-refractivity contribution >= 4 is 11.6 Å². The Balaban J connectivity index is 2.01. The maximum atomic E-state index is 6.08. The highest BCUT2D eigenvalue weighted by atomic mass is 35.5. The first-order valence-electron chi connectivity index (χ1n) is 6.04. The molecule has 0 atom stereocenters. The van der Waals surface area contributed by atoms with Gasteiger partial charge in [0.2, 0.25) is 0 Å². The molecular formula is C13H16ClN3O2. The summed E-state index contributed by atoms with van der Waals surface area (Å²) >= 11 is 6.08. The normalized spacial score (nSPS) is 11.0. The fourth-order valence-corrected chi connectivity index (χ4v) is 1.75. The summed E-state index contributed by atoms with van der Waals surface area (Å²) in [6, 6.07) is 5.43. The van der Waals surface area contributed by atoms with E-state index in [1.807, 2.05) is 19.9 Å². The first-order chi connectivity index (χ1) is 9.10. The molecule has 0 bridgehead atoms. The Labute approximate surface area is 116 Å². The molecule has 102 valence electrons. The molecule has 0 spiro atoms. The maximum Gasteiger partial charge on any atom is 0.264 e. The molecule has 6 heteroatoms. The lowest BCUT2D eigenvalue weighted by Gasteiger charge is -2.06. The van der Waals surface area contributed by atoms with Crippen LogP contribution < -0.4 is 10.5 Å². The molecule has 2 aromatic rings. The third-order valence-corrected chi connectivity index (χ3v) is 2.88. The first-order valence-corrected chi connectivity index (χ1v) is 6.41. The van der Waals surface area contributed by atoms with Crippen molar-refractivity contribution < 1.29 is 9.26 Å². The minimum Gasteiger partial charge on any atom is -0.482 e. The summed E-state index contributed by atoms with van der Waals surface area (Å²) in [5, 5.41) is 4.38. The van der Waals surface area contributed by atoms with Crippen molar-refractivity contribution in [2.45, 2.75) is 32.9 Å². The Morgan fingerprint density at radius 2 is 2.21 bits per heavy atom. The Hall–Kier alpha value is -1.59. The fourth-order valence-electron chi connectivity index (χ4n) is 1.49. The Morgan fingerprint density at radius 3 is 2.79 bits per heavy atom.